The molecule has 13 heavy (non-hydrogen) atoms. The molecule has 0 bridgehead atoms. The minimum atomic E-state index is -0.203. The van der Waals surface area contributed by atoms with Crippen LogP contribution in [0.1, 0.15) is 32.1 Å². The number of hydrogen-bond donors (Lipinski definition) is 0. The largest absolute Gasteiger partial charge is 0.474 e. The maximum atomic E-state index is 10.7. The van der Waals surface area contributed by atoms with Gasteiger partial charge >= 0.3 is 0 Å². The van der Waals surface area contributed by atoms with E-state index in [1.807, 2.05) is 0 Å². The maximum absolute atomic E-state index is 10.7. The minimum absolute atomic E-state index is 0.203. The van der Waals surface area contributed by atoms with Gasteiger partial charge in [-0.1, -0.05) is 6.42 Å². The Kier molecular flexibility index (Phi) is 2.43. The zero-order valence-corrected chi connectivity index (χ0v) is 7.53. The molecular formula is C10H13NO2. The molecule has 0 aromatic rings. The molecule has 2 rings (SSSR count). The van der Waals surface area contributed by atoms with Crippen LogP contribution in [0.15, 0.2) is 17.1 Å². The van der Waals surface area contributed by atoms with Gasteiger partial charge in [-0.15, -0.1) is 0 Å². The first kappa shape index (κ1) is 8.48. The molecule has 1 heterocycles. The number of aliphatic imine (C=N–C) groups is 1. The Hall–Kier alpha value is -1.12. The Balaban J connectivity index is 1.87. The van der Waals surface area contributed by atoms with Crippen molar-refractivity contribution in [3.8, 4) is 0 Å². The fourth-order valence-corrected chi connectivity index (χ4v) is 1.75. The molecule has 0 aromatic heterocycles. The zero-order chi connectivity index (χ0) is 9.10. The smallest absolute Gasteiger partial charge is 0.273 e. The Bertz CT molecular complexity index is 262. The van der Waals surface area contributed by atoms with E-state index in [1.54, 1.807) is 6.08 Å². The normalized spacial score (nSPS) is 23.4. The Morgan fingerprint density at radius 3 is 2.62 bits per heavy atom. The van der Waals surface area contributed by atoms with E-state index in [0.717, 1.165) is 12.8 Å². The molecule has 0 atom stereocenters. The summed E-state index contributed by atoms with van der Waals surface area (Å²) in [5.74, 6) is 0.294. The summed E-state index contributed by atoms with van der Waals surface area (Å²) in [5.41, 5.74) is 0. The zero-order valence-electron chi connectivity index (χ0n) is 7.53. The highest BCUT2D eigenvalue weighted by Crippen LogP contribution is 2.21. The fraction of sp³-hybridized carbons (Fsp3) is 0.600. The fourth-order valence-electron chi connectivity index (χ4n) is 1.75. The van der Waals surface area contributed by atoms with E-state index in [4.69, 9.17) is 4.74 Å². The van der Waals surface area contributed by atoms with Crippen molar-refractivity contribution in [3.05, 3.63) is 12.2 Å². The van der Waals surface area contributed by atoms with Crippen LogP contribution >= 0.6 is 0 Å². The molecule has 70 valence electrons. The van der Waals surface area contributed by atoms with Crippen LogP contribution in [0.25, 0.3) is 0 Å². The van der Waals surface area contributed by atoms with E-state index in [2.05, 4.69) is 4.99 Å². The number of carbonyl (C=O) groups excluding carboxylic acids is 1. The highest BCUT2D eigenvalue weighted by Gasteiger charge is 2.17. The number of carbonyl (C=O) groups is 1. The average Bonchev–Trinajstić information content (AvgIpc) is 2.53. The molecule has 1 saturated carbocycles. The topological polar surface area (TPSA) is 38.7 Å². The van der Waals surface area contributed by atoms with Crippen molar-refractivity contribution < 1.29 is 9.53 Å². The van der Waals surface area contributed by atoms with Gasteiger partial charge in [0.25, 0.3) is 5.91 Å². The lowest BCUT2D eigenvalue weighted by Gasteiger charge is -2.21. The molecule has 1 aliphatic carbocycles. The van der Waals surface area contributed by atoms with Crippen molar-refractivity contribution in [2.75, 3.05) is 0 Å². The van der Waals surface area contributed by atoms with Crippen molar-refractivity contribution in [1.29, 1.82) is 0 Å². The van der Waals surface area contributed by atoms with Crippen LogP contribution in [-0.4, -0.2) is 17.9 Å². The predicted molar refractivity (Wildman–Crippen MR) is 49.5 cm³/mol. The molecule has 0 N–H and O–H groups in total. The van der Waals surface area contributed by atoms with Crippen LogP contribution in [0, 0.1) is 0 Å². The summed E-state index contributed by atoms with van der Waals surface area (Å²) in [4.78, 5) is 14.5. The summed E-state index contributed by atoms with van der Waals surface area (Å²) < 4.78 is 5.56. The molecule has 2 aliphatic rings. The van der Waals surface area contributed by atoms with Crippen LogP contribution in [-0.2, 0) is 9.53 Å². The predicted octanol–water partition coefficient (Wildman–Crippen LogP) is 1.83. The standard InChI is InChI=1S/C10H13NO2/c12-9-6-7-10(11-9)13-8-4-2-1-3-5-8/h6-8H,1-5H2. The average molecular weight is 179 g/mol. The summed E-state index contributed by atoms with van der Waals surface area (Å²) in [5, 5.41) is 0. The Morgan fingerprint density at radius 2 is 2.00 bits per heavy atom. The van der Waals surface area contributed by atoms with Crippen molar-refractivity contribution >= 4 is 11.8 Å². The number of ether oxygens (including phenoxy) is 1. The molecule has 0 radical (unpaired) electrons. The van der Waals surface area contributed by atoms with E-state index in [9.17, 15) is 4.79 Å². The first-order valence-corrected chi connectivity index (χ1v) is 4.82. The van der Waals surface area contributed by atoms with Gasteiger partial charge in [-0.05, 0) is 25.7 Å². The first-order chi connectivity index (χ1) is 6.34. The second-order valence-corrected chi connectivity index (χ2v) is 3.50. The van der Waals surface area contributed by atoms with Crippen molar-refractivity contribution in [2.45, 2.75) is 38.2 Å². The third kappa shape index (κ3) is 2.17. The van der Waals surface area contributed by atoms with E-state index in [-0.39, 0.29) is 12.0 Å². The van der Waals surface area contributed by atoms with Gasteiger partial charge in [0.05, 0.1) is 0 Å². The monoisotopic (exact) mass is 179 g/mol. The van der Waals surface area contributed by atoms with E-state index >= 15 is 0 Å². The molecule has 1 fully saturated rings. The second-order valence-electron chi connectivity index (χ2n) is 3.50. The molecule has 1 aliphatic heterocycles. The SMILES string of the molecule is O=C1C=CC(OC2CCCCC2)=N1. The molecular weight excluding hydrogens is 166 g/mol. The van der Waals surface area contributed by atoms with Gasteiger partial charge in [0.2, 0.25) is 5.90 Å². The highest BCUT2D eigenvalue weighted by atomic mass is 16.5. The summed E-state index contributed by atoms with van der Waals surface area (Å²) in [6, 6.07) is 0. The van der Waals surface area contributed by atoms with Crippen molar-refractivity contribution in [2.24, 2.45) is 4.99 Å². The van der Waals surface area contributed by atoms with Crippen molar-refractivity contribution in [3.63, 3.8) is 0 Å². The summed E-state index contributed by atoms with van der Waals surface area (Å²) in [6.45, 7) is 0. The lowest BCUT2D eigenvalue weighted by Crippen LogP contribution is -2.19. The number of rotatable bonds is 1. The Morgan fingerprint density at radius 1 is 1.23 bits per heavy atom. The van der Waals surface area contributed by atoms with Crippen LogP contribution in [0.3, 0.4) is 0 Å². The van der Waals surface area contributed by atoms with Gasteiger partial charge in [0.15, 0.2) is 0 Å². The van der Waals surface area contributed by atoms with Crippen LogP contribution < -0.4 is 0 Å². The number of hydrogen-bond acceptors (Lipinski definition) is 2. The lowest BCUT2D eigenvalue weighted by atomic mass is 9.98. The third-order valence-electron chi connectivity index (χ3n) is 2.43. The highest BCUT2D eigenvalue weighted by molar-refractivity contribution is 6.09. The van der Waals surface area contributed by atoms with Gasteiger partial charge < -0.3 is 4.74 Å². The van der Waals surface area contributed by atoms with Gasteiger partial charge in [-0.3, -0.25) is 4.79 Å². The quantitative estimate of drug-likeness (QED) is 0.616. The van der Waals surface area contributed by atoms with E-state index in [0.29, 0.717) is 5.90 Å². The minimum Gasteiger partial charge on any atom is -0.474 e. The number of amides is 1. The second kappa shape index (κ2) is 3.73. The summed E-state index contributed by atoms with van der Waals surface area (Å²) in [7, 11) is 0. The third-order valence-corrected chi connectivity index (χ3v) is 2.43. The van der Waals surface area contributed by atoms with E-state index < -0.39 is 0 Å². The molecule has 3 nitrogen and oxygen atoms in total. The van der Waals surface area contributed by atoms with Gasteiger partial charge in [0, 0.05) is 12.2 Å². The van der Waals surface area contributed by atoms with Crippen LogP contribution in [0.5, 0.6) is 0 Å². The van der Waals surface area contributed by atoms with Crippen LogP contribution in [0.2, 0.25) is 0 Å². The molecule has 0 aromatic carbocycles. The van der Waals surface area contributed by atoms with Crippen molar-refractivity contribution in [1.82, 2.24) is 0 Å². The molecule has 1 amide bonds. The van der Waals surface area contributed by atoms with Gasteiger partial charge in [0.1, 0.15) is 6.10 Å². The van der Waals surface area contributed by atoms with E-state index in [1.165, 1.54) is 25.3 Å². The molecule has 0 unspecified atom stereocenters. The Labute approximate surface area is 77.5 Å². The molecule has 0 saturated heterocycles. The number of nitrogens with zero attached hydrogens (tertiary/aromatic N) is 1. The first-order valence-electron chi connectivity index (χ1n) is 4.82. The van der Waals surface area contributed by atoms with Gasteiger partial charge in [-0.25, -0.2) is 0 Å². The van der Waals surface area contributed by atoms with Gasteiger partial charge in [-0.2, -0.15) is 4.99 Å². The molecule has 0 spiro atoms. The lowest BCUT2D eigenvalue weighted by molar-refractivity contribution is -0.113. The summed E-state index contributed by atoms with van der Waals surface area (Å²) >= 11 is 0. The molecule has 3 heteroatoms. The van der Waals surface area contributed by atoms with Crippen LogP contribution in [0.4, 0.5) is 0 Å². The maximum Gasteiger partial charge on any atom is 0.273 e. The summed E-state index contributed by atoms with van der Waals surface area (Å²) in [6.07, 6.45) is 9.34.